The number of nitro benzene ring substituents is 1. The van der Waals surface area contributed by atoms with Crippen molar-refractivity contribution in [2.24, 2.45) is 0 Å². The third kappa shape index (κ3) is 5.96. The van der Waals surface area contributed by atoms with Crippen molar-refractivity contribution in [3.05, 3.63) is 105 Å². The summed E-state index contributed by atoms with van der Waals surface area (Å²) in [6.07, 6.45) is 1.48. The van der Waals surface area contributed by atoms with Gasteiger partial charge in [-0.1, -0.05) is 48.5 Å². The predicted octanol–water partition coefficient (Wildman–Crippen LogP) is 5.80. The maximum atomic E-state index is 12.3. The Bertz CT molecular complexity index is 1430. The zero-order valence-corrected chi connectivity index (χ0v) is 19.1. The van der Waals surface area contributed by atoms with Gasteiger partial charge in [0.1, 0.15) is 16.8 Å². The molecule has 4 aromatic rings. The number of rotatable bonds is 8. The largest absolute Gasteiger partial charge is 0.483 e. The number of nitriles is 1. The van der Waals surface area contributed by atoms with Crippen molar-refractivity contribution in [3.63, 3.8) is 0 Å². The maximum absolute atomic E-state index is 12.3. The van der Waals surface area contributed by atoms with Gasteiger partial charge in [-0.3, -0.25) is 14.9 Å². The topological polar surface area (TPSA) is 118 Å². The minimum atomic E-state index is -0.536. The number of ether oxygens (including phenoxy) is 1. The fraction of sp³-hybridized carbons (Fsp3) is 0.0385. The Morgan fingerprint density at radius 2 is 1.83 bits per heavy atom. The van der Waals surface area contributed by atoms with Gasteiger partial charge in [-0.05, 0) is 24.3 Å². The van der Waals surface area contributed by atoms with E-state index in [1.165, 1.54) is 35.6 Å². The minimum absolute atomic E-state index is 0.168. The number of benzene rings is 3. The lowest BCUT2D eigenvalue weighted by Crippen LogP contribution is -2.20. The molecule has 172 valence electrons. The average Bonchev–Trinajstić information content (AvgIpc) is 3.37. The Kier molecular flexibility index (Phi) is 7.25. The normalized spacial score (nSPS) is 10.9. The van der Waals surface area contributed by atoms with E-state index in [4.69, 9.17) is 4.74 Å². The van der Waals surface area contributed by atoms with Crippen LogP contribution in [-0.2, 0) is 4.79 Å². The number of thiazole rings is 1. The lowest BCUT2D eigenvalue weighted by molar-refractivity contribution is -0.384. The second-order valence-corrected chi connectivity index (χ2v) is 8.11. The molecule has 0 aliphatic carbocycles. The van der Waals surface area contributed by atoms with E-state index in [-0.39, 0.29) is 23.6 Å². The van der Waals surface area contributed by atoms with Gasteiger partial charge in [0.05, 0.1) is 16.2 Å². The Hall–Kier alpha value is -4.81. The van der Waals surface area contributed by atoms with Gasteiger partial charge in [0, 0.05) is 34.3 Å². The average molecular weight is 483 g/mol. The number of nitrogens with one attached hydrogen (secondary N) is 1. The molecule has 9 heteroatoms. The van der Waals surface area contributed by atoms with Crippen molar-refractivity contribution >= 4 is 40.3 Å². The summed E-state index contributed by atoms with van der Waals surface area (Å²) in [4.78, 5) is 27.6. The Morgan fingerprint density at radius 3 is 2.51 bits per heavy atom. The van der Waals surface area contributed by atoms with E-state index in [1.807, 2.05) is 41.8 Å². The molecule has 0 unspecified atom stereocenters. The third-order valence-corrected chi connectivity index (χ3v) is 5.72. The quantitative estimate of drug-likeness (QED) is 0.193. The number of hydrogen-bond acceptors (Lipinski definition) is 7. The van der Waals surface area contributed by atoms with E-state index in [0.29, 0.717) is 16.3 Å². The lowest BCUT2D eigenvalue weighted by atomic mass is 10.1. The number of non-ortho nitro benzene ring substituents is 1. The predicted molar refractivity (Wildman–Crippen MR) is 135 cm³/mol. The number of nitrogens with zero attached hydrogens (tertiary/aromatic N) is 3. The van der Waals surface area contributed by atoms with Gasteiger partial charge in [0.15, 0.2) is 6.61 Å². The molecule has 0 aliphatic rings. The monoisotopic (exact) mass is 482 g/mol. The fourth-order valence-corrected chi connectivity index (χ4v) is 3.99. The number of carbonyl (C=O) groups is 1. The van der Waals surface area contributed by atoms with Crippen LogP contribution < -0.4 is 10.1 Å². The summed E-state index contributed by atoms with van der Waals surface area (Å²) < 4.78 is 5.66. The molecular weight excluding hydrogens is 464 g/mol. The second-order valence-electron chi connectivity index (χ2n) is 7.26. The van der Waals surface area contributed by atoms with E-state index in [0.717, 1.165) is 11.3 Å². The van der Waals surface area contributed by atoms with Crippen molar-refractivity contribution in [1.29, 1.82) is 5.26 Å². The Labute approximate surface area is 204 Å². The van der Waals surface area contributed by atoms with E-state index in [2.05, 4.69) is 16.4 Å². The SMILES string of the molecule is N#C/C(=C\c1cc([N+](=O)[O-])ccc1OCC(=O)Nc1ccccc1)c1nc(-c2ccccc2)cs1. The van der Waals surface area contributed by atoms with Crippen molar-refractivity contribution in [3.8, 4) is 23.1 Å². The smallest absolute Gasteiger partial charge is 0.270 e. The van der Waals surface area contributed by atoms with Crippen molar-refractivity contribution in [1.82, 2.24) is 4.98 Å². The Balaban J connectivity index is 1.60. The molecule has 3 aromatic carbocycles. The number of carbonyl (C=O) groups excluding carboxylic acids is 1. The molecule has 0 fully saturated rings. The van der Waals surface area contributed by atoms with Crippen LogP contribution in [-0.4, -0.2) is 22.4 Å². The van der Waals surface area contributed by atoms with E-state index in [1.54, 1.807) is 24.3 Å². The van der Waals surface area contributed by atoms with Crippen molar-refractivity contribution in [2.75, 3.05) is 11.9 Å². The highest BCUT2D eigenvalue weighted by atomic mass is 32.1. The van der Waals surface area contributed by atoms with Crippen LogP contribution in [0.2, 0.25) is 0 Å². The number of para-hydroxylation sites is 1. The molecule has 4 rings (SSSR count). The molecule has 0 radical (unpaired) electrons. The van der Waals surface area contributed by atoms with Gasteiger partial charge in [0.25, 0.3) is 11.6 Å². The standard InChI is InChI=1S/C26H18N4O4S/c27-15-20(26-29-23(17-35-26)18-7-3-1-4-8-18)13-19-14-22(30(32)33)11-12-24(19)34-16-25(31)28-21-9-5-2-6-10-21/h1-14,17H,16H2,(H,28,31)/b20-13+. The highest BCUT2D eigenvalue weighted by Crippen LogP contribution is 2.31. The molecule has 0 atom stereocenters. The molecule has 1 N–H and O–H groups in total. The molecular formula is C26H18N4O4S. The van der Waals surface area contributed by atoms with Crippen LogP contribution >= 0.6 is 11.3 Å². The number of anilines is 1. The van der Waals surface area contributed by atoms with Gasteiger partial charge in [-0.2, -0.15) is 5.26 Å². The number of nitro groups is 1. The van der Waals surface area contributed by atoms with Crippen LogP contribution in [0.4, 0.5) is 11.4 Å². The zero-order chi connectivity index (χ0) is 24.6. The van der Waals surface area contributed by atoms with Gasteiger partial charge in [0.2, 0.25) is 0 Å². The molecule has 8 nitrogen and oxygen atoms in total. The Morgan fingerprint density at radius 1 is 1.11 bits per heavy atom. The minimum Gasteiger partial charge on any atom is -0.483 e. The van der Waals surface area contributed by atoms with Gasteiger partial charge in [-0.25, -0.2) is 4.98 Å². The summed E-state index contributed by atoms with van der Waals surface area (Å²) in [6.45, 7) is -0.315. The summed E-state index contributed by atoms with van der Waals surface area (Å²) in [5, 5.41) is 26.1. The number of amides is 1. The number of aromatic nitrogens is 1. The number of hydrogen-bond donors (Lipinski definition) is 1. The van der Waals surface area contributed by atoms with Crippen LogP contribution in [0.25, 0.3) is 22.9 Å². The lowest BCUT2D eigenvalue weighted by Gasteiger charge is -2.10. The van der Waals surface area contributed by atoms with E-state index >= 15 is 0 Å². The van der Waals surface area contributed by atoms with Gasteiger partial charge < -0.3 is 10.1 Å². The maximum Gasteiger partial charge on any atom is 0.270 e. The molecule has 0 saturated heterocycles. The summed E-state index contributed by atoms with van der Waals surface area (Å²) in [5.41, 5.74) is 2.60. The fourth-order valence-electron chi connectivity index (χ4n) is 3.19. The van der Waals surface area contributed by atoms with Crippen LogP contribution in [0.15, 0.2) is 84.2 Å². The van der Waals surface area contributed by atoms with Gasteiger partial charge >= 0.3 is 0 Å². The second kappa shape index (κ2) is 10.9. The molecule has 1 heterocycles. The first-order valence-corrected chi connectivity index (χ1v) is 11.3. The molecule has 1 amide bonds. The molecule has 0 spiro atoms. The molecule has 0 saturated carbocycles. The van der Waals surface area contributed by atoms with Crippen LogP contribution in [0.5, 0.6) is 5.75 Å². The first kappa shape index (κ1) is 23.4. The first-order valence-electron chi connectivity index (χ1n) is 10.4. The molecule has 0 bridgehead atoms. The highest BCUT2D eigenvalue weighted by Gasteiger charge is 2.15. The molecule has 35 heavy (non-hydrogen) atoms. The zero-order valence-electron chi connectivity index (χ0n) is 18.3. The van der Waals surface area contributed by atoms with Crippen molar-refractivity contribution in [2.45, 2.75) is 0 Å². The summed E-state index contributed by atoms with van der Waals surface area (Å²) in [7, 11) is 0. The summed E-state index contributed by atoms with van der Waals surface area (Å²) in [6, 6.07) is 24.5. The van der Waals surface area contributed by atoms with E-state index < -0.39 is 10.8 Å². The van der Waals surface area contributed by atoms with Crippen LogP contribution in [0.3, 0.4) is 0 Å². The first-order chi connectivity index (χ1) is 17.0. The van der Waals surface area contributed by atoms with Gasteiger partial charge in [-0.15, -0.1) is 11.3 Å². The van der Waals surface area contributed by atoms with Crippen LogP contribution in [0, 0.1) is 21.4 Å². The molecule has 1 aromatic heterocycles. The van der Waals surface area contributed by atoms with Crippen LogP contribution in [0.1, 0.15) is 10.6 Å². The third-order valence-electron chi connectivity index (χ3n) is 4.84. The van der Waals surface area contributed by atoms with E-state index in [9.17, 15) is 20.2 Å². The van der Waals surface area contributed by atoms with Crippen molar-refractivity contribution < 1.29 is 14.5 Å². The summed E-state index contributed by atoms with van der Waals surface area (Å²) >= 11 is 1.29. The highest BCUT2D eigenvalue weighted by molar-refractivity contribution is 7.11. The summed E-state index contributed by atoms with van der Waals surface area (Å²) in [5.74, 6) is -0.163. The molecule has 0 aliphatic heterocycles. The number of allylic oxidation sites excluding steroid dienone is 1.